The van der Waals surface area contributed by atoms with Crippen molar-refractivity contribution in [2.45, 2.75) is 0 Å². The van der Waals surface area contributed by atoms with E-state index in [4.69, 9.17) is 15.7 Å². The van der Waals surface area contributed by atoms with Gasteiger partial charge in [0.05, 0.1) is 11.6 Å². The fourth-order valence-electron chi connectivity index (χ4n) is 0.865. The molecule has 72 valence electrons. The average Bonchev–Trinajstić information content (AvgIpc) is 2.14. The summed E-state index contributed by atoms with van der Waals surface area (Å²) in [4.78, 5) is 10.4. The standard InChI is InChI=1S/C9H7FN2O2/c10-7-1-6(4-11)2-8(3-7)14-5-9(12)13/h1-3H,5H2,(H2,12,13). The number of nitrogens with two attached hydrogens (primary N) is 1. The number of nitriles is 1. The highest BCUT2D eigenvalue weighted by Crippen LogP contribution is 2.15. The lowest BCUT2D eigenvalue weighted by Gasteiger charge is -2.03. The third kappa shape index (κ3) is 2.75. The van der Waals surface area contributed by atoms with Crippen molar-refractivity contribution in [2.75, 3.05) is 6.61 Å². The molecule has 4 nitrogen and oxygen atoms in total. The highest BCUT2D eigenvalue weighted by molar-refractivity contribution is 5.75. The van der Waals surface area contributed by atoms with Crippen molar-refractivity contribution < 1.29 is 13.9 Å². The van der Waals surface area contributed by atoms with Crippen molar-refractivity contribution in [3.05, 3.63) is 29.6 Å². The lowest BCUT2D eigenvalue weighted by Crippen LogP contribution is -2.20. The van der Waals surface area contributed by atoms with Crippen LogP contribution in [0.2, 0.25) is 0 Å². The van der Waals surface area contributed by atoms with Gasteiger partial charge in [0.15, 0.2) is 6.61 Å². The molecule has 0 aromatic heterocycles. The van der Waals surface area contributed by atoms with E-state index in [2.05, 4.69) is 0 Å². The molecule has 5 heteroatoms. The summed E-state index contributed by atoms with van der Waals surface area (Å²) in [7, 11) is 0. The van der Waals surface area contributed by atoms with Crippen LogP contribution in [0.1, 0.15) is 5.56 Å². The zero-order valence-corrected chi connectivity index (χ0v) is 7.16. The maximum Gasteiger partial charge on any atom is 0.255 e. The van der Waals surface area contributed by atoms with Crippen LogP contribution in [0.5, 0.6) is 5.75 Å². The molecule has 0 fully saturated rings. The fraction of sp³-hybridized carbons (Fsp3) is 0.111. The maximum atomic E-state index is 12.8. The van der Waals surface area contributed by atoms with Crippen LogP contribution < -0.4 is 10.5 Å². The number of halogens is 1. The van der Waals surface area contributed by atoms with Crippen LogP contribution in [0.25, 0.3) is 0 Å². The zero-order valence-electron chi connectivity index (χ0n) is 7.16. The van der Waals surface area contributed by atoms with Gasteiger partial charge in [-0.3, -0.25) is 4.79 Å². The highest BCUT2D eigenvalue weighted by Gasteiger charge is 2.02. The molecular weight excluding hydrogens is 187 g/mol. The summed E-state index contributed by atoms with van der Waals surface area (Å²) in [6.07, 6.45) is 0. The van der Waals surface area contributed by atoms with Crippen LogP contribution in [-0.4, -0.2) is 12.5 Å². The molecule has 0 aliphatic rings. The first kappa shape index (κ1) is 9.99. The monoisotopic (exact) mass is 194 g/mol. The Bertz CT molecular complexity index is 398. The minimum atomic E-state index is -0.659. The molecule has 0 spiro atoms. The molecule has 0 aliphatic carbocycles. The lowest BCUT2D eigenvalue weighted by molar-refractivity contribution is -0.119. The highest BCUT2D eigenvalue weighted by atomic mass is 19.1. The number of rotatable bonds is 3. The molecule has 0 heterocycles. The number of nitrogens with zero attached hydrogens (tertiary/aromatic N) is 1. The van der Waals surface area contributed by atoms with E-state index < -0.39 is 11.7 Å². The largest absolute Gasteiger partial charge is 0.484 e. The number of ether oxygens (including phenoxy) is 1. The first-order chi connectivity index (χ1) is 6.61. The second-order valence-electron chi connectivity index (χ2n) is 2.54. The number of carbonyl (C=O) groups excluding carboxylic acids is 1. The molecular formula is C9H7FN2O2. The van der Waals surface area contributed by atoms with Gasteiger partial charge in [-0.2, -0.15) is 5.26 Å². The molecule has 0 saturated heterocycles. The summed E-state index contributed by atoms with van der Waals surface area (Å²) >= 11 is 0. The van der Waals surface area contributed by atoms with Crippen molar-refractivity contribution in [1.29, 1.82) is 5.26 Å². The topological polar surface area (TPSA) is 76.1 Å². The van der Waals surface area contributed by atoms with E-state index in [-0.39, 0.29) is 17.9 Å². The Morgan fingerprint density at radius 3 is 2.86 bits per heavy atom. The minimum absolute atomic E-state index is 0.111. The Morgan fingerprint density at radius 1 is 1.57 bits per heavy atom. The van der Waals surface area contributed by atoms with Gasteiger partial charge in [-0.05, 0) is 12.1 Å². The van der Waals surface area contributed by atoms with E-state index in [1.54, 1.807) is 6.07 Å². The summed E-state index contributed by atoms with van der Waals surface area (Å²) < 4.78 is 17.6. The molecule has 14 heavy (non-hydrogen) atoms. The van der Waals surface area contributed by atoms with Gasteiger partial charge in [0.1, 0.15) is 11.6 Å². The first-order valence-electron chi connectivity index (χ1n) is 3.73. The van der Waals surface area contributed by atoms with Crippen molar-refractivity contribution in [3.8, 4) is 11.8 Å². The first-order valence-corrected chi connectivity index (χ1v) is 3.73. The quantitative estimate of drug-likeness (QED) is 0.763. The predicted octanol–water partition coefficient (Wildman–Crippen LogP) is 0.561. The Hall–Kier alpha value is -2.09. The lowest BCUT2D eigenvalue weighted by atomic mass is 10.2. The van der Waals surface area contributed by atoms with E-state index in [1.165, 1.54) is 6.07 Å². The van der Waals surface area contributed by atoms with E-state index in [1.807, 2.05) is 0 Å². The van der Waals surface area contributed by atoms with Crippen LogP contribution in [0.4, 0.5) is 4.39 Å². The number of hydrogen-bond donors (Lipinski definition) is 1. The third-order valence-electron chi connectivity index (χ3n) is 1.38. The van der Waals surface area contributed by atoms with Crippen LogP contribution >= 0.6 is 0 Å². The van der Waals surface area contributed by atoms with E-state index in [0.29, 0.717) is 0 Å². The molecule has 1 aromatic rings. The summed E-state index contributed by atoms with van der Waals surface area (Å²) in [5, 5.41) is 8.50. The second kappa shape index (κ2) is 4.23. The molecule has 0 radical (unpaired) electrons. The number of carbonyl (C=O) groups is 1. The molecule has 0 saturated carbocycles. The summed E-state index contributed by atoms with van der Waals surface area (Å²) in [6.45, 7) is -0.339. The van der Waals surface area contributed by atoms with Gasteiger partial charge >= 0.3 is 0 Å². The Kier molecular flexibility index (Phi) is 3.02. The van der Waals surface area contributed by atoms with Gasteiger partial charge in [-0.15, -0.1) is 0 Å². The summed E-state index contributed by atoms with van der Waals surface area (Å²) in [5.41, 5.74) is 4.96. The van der Waals surface area contributed by atoms with Crippen molar-refractivity contribution >= 4 is 5.91 Å². The zero-order chi connectivity index (χ0) is 10.6. The van der Waals surface area contributed by atoms with Crippen LogP contribution in [0.15, 0.2) is 18.2 Å². The van der Waals surface area contributed by atoms with Gasteiger partial charge in [0, 0.05) is 6.07 Å². The van der Waals surface area contributed by atoms with E-state index in [9.17, 15) is 9.18 Å². The molecule has 0 bridgehead atoms. The molecule has 0 unspecified atom stereocenters. The average molecular weight is 194 g/mol. The van der Waals surface area contributed by atoms with Crippen molar-refractivity contribution in [3.63, 3.8) is 0 Å². The molecule has 0 atom stereocenters. The Labute approximate surface area is 79.7 Å². The number of benzene rings is 1. The molecule has 1 aromatic carbocycles. The Balaban J connectivity index is 2.82. The second-order valence-corrected chi connectivity index (χ2v) is 2.54. The van der Waals surface area contributed by atoms with E-state index >= 15 is 0 Å². The fourth-order valence-corrected chi connectivity index (χ4v) is 0.865. The maximum absolute atomic E-state index is 12.8. The molecule has 1 rings (SSSR count). The number of hydrogen-bond acceptors (Lipinski definition) is 3. The smallest absolute Gasteiger partial charge is 0.255 e. The van der Waals surface area contributed by atoms with Gasteiger partial charge < -0.3 is 10.5 Å². The predicted molar refractivity (Wildman–Crippen MR) is 45.8 cm³/mol. The summed E-state index contributed by atoms with van der Waals surface area (Å²) in [6, 6.07) is 5.22. The van der Waals surface area contributed by atoms with E-state index in [0.717, 1.165) is 12.1 Å². The molecule has 0 aliphatic heterocycles. The van der Waals surface area contributed by atoms with Crippen molar-refractivity contribution in [1.82, 2.24) is 0 Å². The Morgan fingerprint density at radius 2 is 2.29 bits per heavy atom. The van der Waals surface area contributed by atoms with Gasteiger partial charge in [-0.1, -0.05) is 0 Å². The molecule has 1 amide bonds. The normalized spacial score (nSPS) is 9.14. The third-order valence-corrected chi connectivity index (χ3v) is 1.38. The van der Waals surface area contributed by atoms with Gasteiger partial charge in [-0.25, -0.2) is 4.39 Å². The number of primary amides is 1. The molecule has 2 N–H and O–H groups in total. The summed E-state index contributed by atoms with van der Waals surface area (Å²) in [5.74, 6) is -1.14. The van der Waals surface area contributed by atoms with Crippen LogP contribution in [0, 0.1) is 17.1 Å². The van der Waals surface area contributed by atoms with Gasteiger partial charge in [0.25, 0.3) is 5.91 Å². The van der Waals surface area contributed by atoms with Gasteiger partial charge in [0.2, 0.25) is 0 Å². The number of amides is 1. The minimum Gasteiger partial charge on any atom is -0.484 e. The van der Waals surface area contributed by atoms with Crippen molar-refractivity contribution in [2.24, 2.45) is 5.73 Å². The van der Waals surface area contributed by atoms with Crippen LogP contribution in [0.3, 0.4) is 0 Å². The SMILES string of the molecule is N#Cc1cc(F)cc(OCC(N)=O)c1. The van der Waals surface area contributed by atoms with Crippen LogP contribution in [-0.2, 0) is 4.79 Å².